The summed E-state index contributed by atoms with van der Waals surface area (Å²) in [5, 5.41) is 4.29. The summed E-state index contributed by atoms with van der Waals surface area (Å²) in [6.07, 6.45) is 0. The van der Waals surface area contributed by atoms with Crippen LogP contribution >= 0.6 is 39.1 Å². The van der Waals surface area contributed by atoms with Gasteiger partial charge in [0.1, 0.15) is 0 Å². The molecule has 3 aromatic rings. The van der Waals surface area contributed by atoms with Crippen LogP contribution in [-0.4, -0.2) is 15.0 Å². The molecular formula is C15H10BrCl2N5. The highest BCUT2D eigenvalue weighted by molar-refractivity contribution is 9.10. The van der Waals surface area contributed by atoms with E-state index in [9.17, 15) is 0 Å². The molecule has 0 saturated carbocycles. The van der Waals surface area contributed by atoms with Crippen molar-refractivity contribution in [3.63, 3.8) is 0 Å². The van der Waals surface area contributed by atoms with Crippen molar-refractivity contribution in [3.8, 4) is 11.4 Å². The third-order valence-corrected chi connectivity index (χ3v) is 4.10. The maximum atomic E-state index is 6.04. The van der Waals surface area contributed by atoms with E-state index in [-0.39, 0.29) is 5.95 Å². The number of nitrogens with one attached hydrogen (secondary N) is 1. The van der Waals surface area contributed by atoms with Gasteiger partial charge in [0.15, 0.2) is 5.82 Å². The van der Waals surface area contributed by atoms with Gasteiger partial charge in [0.2, 0.25) is 11.9 Å². The molecule has 2 aromatic carbocycles. The van der Waals surface area contributed by atoms with Gasteiger partial charge in [-0.1, -0.05) is 39.1 Å². The largest absolute Gasteiger partial charge is 0.368 e. The number of hydrogen-bond acceptors (Lipinski definition) is 5. The van der Waals surface area contributed by atoms with Gasteiger partial charge in [-0.2, -0.15) is 15.0 Å². The molecule has 1 heterocycles. The van der Waals surface area contributed by atoms with Crippen LogP contribution in [0.15, 0.2) is 46.9 Å². The molecule has 0 unspecified atom stereocenters. The van der Waals surface area contributed by atoms with E-state index in [1.54, 1.807) is 24.3 Å². The Balaban J connectivity index is 1.99. The van der Waals surface area contributed by atoms with Gasteiger partial charge >= 0.3 is 0 Å². The summed E-state index contributed by atoms with van der Waals surface area (Å²) in [7, 11) is 0. The molecule has 0 amide bonds. The van der Waals surface area contributed by atoms with Crippen molar-refractivity contribution in [1.82, 2.24) is 15.0 Å². The molecule has 0 aliphatic heterocycles. The first-order valence-corrected chi connectivity index (χ1v) is 8.06. The molecule has 0 bridgehead atoms. The second kappa shape index (κ2) is 6.70. The van der Waals surface area contributed by atoms with Crippen molar-refractivity contribution in [1.29, 1.82) is 0 Å². The molecular weight excluding hydrogens is 401 g/mol. The SMILES string of the molecule is Nc1nc(Nc2ccc(Cl)cc2)nc(-c2cc(Cl)ccc2Br)n1. The van der Waals surface area contributed by atoms with Crippen molar-refractivity contribution >= 4 is 56.7 Å². The molecule has 1 aromatic heterocycles. The first kappa shape index (κ1) is 16.0. The minimum atomic E-state index is 0.110. The molecule has 0 spiro atoms. The van der Waals surface area contributed by atoms with E-state index in [0.29, 0.717) is 21.8 Å². The van der Waals surface area contributed by atoms with Gasteiger partial charge < -0.3 is 11.1 Å². The molecule has 3 N–H and O–H groups in total. The van der Waals surface area contributed by atoms with Gasteiger partial charge in [0, 0.05) is 25.8 Å². The highest BCUT2D eigenvalue weighted by atomic mass is 79.9. The van der Waals surface area contributed by atoms with Crippen molar-refractivity contribution in [2.45, 2.75) is 0 Å². The zero-order valence-corrected chi connectivity index (χ0v) is 14.7. The Morgan fingerprint density at radius 1 is 0.913 bits per heavy atom. The van der Waals surface area contributed by atoms with E-state index in [2.05, 4.69) is 36.2 Å². The van der Waals surface area contributed by atoms with E-state index in [1.165, 1.54) is 0 Å². The van der Waals surface area contributed by atoms with E-state index >= 15 is 0 Å². The maximum absolute atomic E-state index is 6.04. The van der Waals surface area contributed by atoms with Crippen molar-refractivity contribution < 1.29 is 0 Å². The molecule has 0 aliphatic carbocycles. The molecule has 0 aliphatic rings. The lowest BCUT2D eigenvalue weighted by Gasteiger charge is -2.09. The number of nitrogens with two attached hydrogens (primary N) is 1. The highest BCUT2D eigenvalue weighted by Crippen LogP contribution is 2.29. The average Bonchev–Trinajstić information content (AvgIpc) is 2.51. The molecule has 0 saturated heterocycles. The van der Waals surface area contributed by atoms with Crippen LogP contribution in [0.25, 0.3) is 11.4 Å². The predicted molar refractivity (Wildman–Crippen MR) is 97.1 cm³/mol. The van der Waals surface area contributed by atoms with Crippen LogP contribution in [0, 0.1) is 0 Å². The van der Waals surface area contributed by atoms with Crippen LogP contribution in [-0.2, 0) is 0 Å². The monoisotopic (exact) mass is 409 g/mol. The molecule has 8 heteroatoms. The summed E-state index contributed by atoms with van der Waals surface area (Å²) >= 11 is 15.4. The second-order valence-electron chi connectivity index (χ2n) is 4.60. The number of hydrogen-bond donors (Lipinski definition) is 2. The lowest BCUT2D eigenvalue weighted by atomic mass is 10.2. The fraction of sp³-hybridized carbons (Fsp3) is 0. The van der Waals surface area contributed by atoms with Gasteiger partial charge in [-0.15, -0.1) is 0 Å². The van der Waals surface area contributed by atoms with E-state index in [4.69, 9.17) is 28.9 Å². The minimum absolute atomic E-state index is 0.110. The molecule has 3 rings (SSSR count). The maximum Gasteiger partial charge on any atom is 0.232 e. The fourth-order valence-corrected chi connectivity index (χ4v) is 2.62. The number of halogens is 3. The van der Waals surface area contributed by atoms with Crippen LogP contribution in [0.5, 0.6) is 0 Å². The standard InChI is InChI=1S/C15H10BrCl2N5/c16-12-6-3-9(18)7-11(12)13-21-14(19)23-15(22-13)20-10-4-1-8(17)2-5-10/h1-7H,(H3,19,20,21,22,23). The van der Waals surface area contributed by atoms with Crippen LogP contribution in [0.3, 0.4) is 0 Å². The normalized spacial score (nSPS) is 10.6. The molecule has 0 atom stereocenters. The number of nitrogens with zero attached hydrogens (tertiary/aromatic N) is 3. The Kier molecular flexibility index (Phi) is 4.66. The smallest absolute Gasteiger partial charge is 0.232 e. The third-order valence-electron chi connectivity index (χ3n) is 2.92. The van der Waals surface area contributed by atoms with Gasteiger partial charge in [-0.25, -0.2) is 0 Å². The van der Waals surface area contributed by atoms with Crippen molar-refractivity contribution in [2.24, 2.45) is 0 Å². The third kappa shape index (κ3) is 3.90. The minimum Gasteiger partial charge on any atom is -0.368 e. The fourth-order valence-electron chi connectivity index (χ4n) is 1.90. The van der Waals surface area contributed by atoms with Crippen molar-refractivity contribution in [3.05, 3.63) is 57.0 Å². The van der Waals surface area contributed by atoms with Crippen LogP contribution in [0.4, 0.5) is 17.6 Å². The van der Waals surface area contributed by atoms with E-state index in [0.717, 1.165) is 15.7 Å². The van der Waals surface area contributed by atoms with Crippen LogP contribution in [0.1, 0.15) is 0 Å². The summed E-state index contributed by atoms with van der Waals surface area (Å²) in [4.78, 5) is 12.6. The average molecular weight is 411 g/mol. The van der Waals surface area contributed by atoms with E-state index < -0.39 is 0 Å². The Bertz CT molecular complexity index is 855. The van der Waals surface area contributed by atoms with Gasteiger partial charge in [-0.3, -0.25) is 0 Å². The van der Waals surface area contributed by atoms with Gasteiger partial charge in [0.05, 0.1) is 0 Å². The first-order valence-electron chi connectivity index (χ1n) is 6.51. The lowest BCUT2D eigenvalue weighted by Crippen LogP contribution is -2.05. The molecule has 23 heavy (non-hydrogen) atoms. The number of benzene rings is 2. The number of aromatic nitrogens is 3. The second-order valence-corrected chi connectivity index (χ2v) is 6.32. The zero-order chi connectivity index (χ0) is 16.4. The topological polar surface area (TPSA) is 76.7 Å². The molecule has 5 nitrogen and oxygen atoms in total. The molecule has 0 fully saturated rings. The summed E-state index contributed by atoms with van der Waals surface area (Å²) in [6, 6.07) is 12.5. The number of nitrogen functional groups attached to an aromatic ring is 1. The Labute approximate surface area is 151 Å². The van der Waals surface area contributed by atoms with Crippen LogP contribution < -0.4 is 11.1 Å². The predicted octanol–water partition coefficient (Wildman–Crippen LogP) is 4.93. The Hall–Kier alpha value is -1.89. The molecule has 0 radical (unpaired) electrons. The van der Waals surface area contributed by atoms with Crippen molar-refractivity contribution in [2.75, 3.05) is 11.1 Å². The summed E-state index contributed by atoms with van der Waals surface area (Å²) in [5.41, 5.74) is 7.31. The quantitative estimate of drug-likeness (QED) is 0.639. The summed E-state index contributed by atoms with van der Waals surface area (Å²) in [6.45, 7) is 0. The van der Waals surface area contributed by atoms with E-state index in [1.807, 2.05) is 18.2 Å². The Morgan fingerprint density at radius 2 is 1.61 bits per heavy atom. The van der Waals surface area contributed by atoms with Gasteiger partial charge in [0.25, 0.3) is 0 Å². The Morgan fingerprint density at radius 3 is 2.35 bits per heavy atom. The summed E-state index contributed by atoms with van der Waals surface area (Å²) in [5.74, 6) is 0.864. The first-order chi connectivity index (χ1) is 11.0. The highest BCUT2D eigenvalue weighted by Gasteiger charge is 2.11. The number of anilines is 3. The lowest BCUT2D eigenvalue weighted by molar-refractivity contribution is 1.07. The number of rotatable bonds is 3. The van der Waals surface area contributed by atoms with Crippen LogP contribution in [0.2, 0.25) is 10.0 Å². The zero-order valence-electron chi connectivity index (χ0n) is 11.6. The summed E-state index contributed by atoms with van der Waals surface area (Å²) < 4.78 is 0.810. The van der Waals surface area contributed by atoms with Gasteiger partial charge in [-0.05, 0) is 42.5 Å². The molecule has 116 valence electrons.